The fourth-order valence-electron chi connectivity index (χ4n) is 1.84. The number of hydrogen-bond donors (Lipinski definition) is 2. The van der Waals surface area contributed by atoms with Crippen molar-refractivity contribution in [2.75, 3.05) is 11.9 Å². The molecule has 1 aromatic rings. The highest BCUT2D eigenvalue weighted by Gasteiger charge is 2.19. The van der Waals surface area contributed by atoms with Crippen molar-refractivity contribution in [1.29, 1.82) is 0 Å². The van der Waals surface area contributed by atoms with Gasteiger partial charge in [0.2, 0.25) is 10.0 Å². The molecular weight excluding hydrogens is 310 g/mol. The van der Waals surface area contributed by atoms with E-state index >= 15 is 0 Å². The summed E-state index contributed by atoms with van der Waals surface area (Å²) in [6.45, 7) is 8.68. The van der Waals surface area contributed by atoms with Crippen LogP contribution in [0.25, 0.3) is 0 Å². The molecule has 2 N–H and O–H groups in total. The SMILES string of the molecule is CCNc1ncc(S(=O)(=O)NC(C)CCC(C)C)cc1Cl. The third kappa shape index (κ3) is 5.80. The maximum Gasteiger partial charge on any atom is 0.242 e. The lowest BCUT2D eigenvalue weighted by Crippen LogP contribution is -2.32. The number of aromatic nitrogens is 1. The predicted octanol–water partition coefficient (Wildman–Crippen LogP) is 3.27. The van der Waals surface area contributed by atoms with Crippen LogP contribution in [0.5, 0.6) is 0 Å². The Hall–Kier alpha value is -0.850. The summed E-state index contributed by atoms with van der Waals surface area (Å²) in [5.41, 5.74) is 0. The molecule has 0 bridgehead atoms. The normalized spacial score (nSPS) is 13.4. The monoisotopic (exact) mass is 333 g/mol. The zero-order valence-corrected chi connectivity index (χ0v) is 14.6. The van der Waals surface area contributed by atoms with Gasteiger partial charge in [-0.2, -0.15) is 0 Å². The quantitative estimate of drug-likeness (QED) is 0.766. The van der Waals surface area contributed by atoms with Crippen LogP contribution >= 0.6 is 11.6 Å². The molecule has 1 heterocycles. The van der Waals surface area contributed by atoms with E-state index in [1.807, 2.05) is 13.8 Å². The summed E-state index contributed by atoms with van der Waals surface area (Å²) >= 11 is 6.04. The molecule has 0 radical (unpaired) electrons. The van der Waals surface area contributed by atoms with E-state index in [0.29, 0.717) is 23.3 Å². The largest absolute Gasteiger partial charge is 0.369 e. The van der Waals surface area contributed by atoms with Gasteiger partial charge in [-0.1, -0.05) is 25.4 Å². The minimum Gasteiger partial charge on any atom is -0.369 e. The van der Waals surface area contributed by atoms with Gasteiger partial charge in [-0.3, -0.25) is 0 Å². The van der Waals surface area contributed by atoms with Crippen LogP contribution in [-0.2, 0) is 10.0 Å². The van der Waals surface area contributed by atoms with Gasteiger partial charge in [-0.15, -0.1) is 0 Å². The first kappa shape index (κ1) is 18.2. The smallest absolute Gasteiger partial charge is 0.242 e. The predicted molar refractivity (Wildman–Crippen MR) is 87.3 cm³/mol. The Morgan fingerprint density at radius 2 is 1.95 bits per heavy atom. The van der Waals surface area contributed by atoms with Crippen molar-refractivity contribution in [3.05, 3.63) is 17.3 Å². The Bertz CT molecular complexity index is 561. The van der Waals surface area contributed by atoms with E-state index in [1.54, 1.807) is 0 Å². The minimum atomic E-state index is -3.59. The van der Waals surface area contributed by atoms with Crippen molar-refractivity contribution in [2.24, 2.45) is 5.92 Å². The van der Waals surface area contributed by atoms with Crippen LogP contribution in [0.15, 0.2) is 17.2 Å². The first-order chi connectivity index (χ1) is 9.76. The van der Waals surface area contributed by atoms with E-state index < -0.39 is 10.0 Å². The number of pyridine rings is 1. The van der Waals surface area contributed by atoms with E-state index in [9.17, 15) is 8.42 Å². The molecule has 21 heavy (non-hydrogen) atoms. The van der Waals surface area contributed by atoms with E-state index in [0.717, 1.165) is 12.8 Å². The molecule has 0 aliphatic carbocycles. The Morgan fingerprint density at radius 3 is 2.48 bits per heavy atom. The van der Waals surface area contributed by atoms with Crippen LogP contribution in [0, 0.1) is 5.92 Å². The summed E-state index contributed by atoms with van der Waals surface area (Å²) < 4.78 is 27.2. The zero-order chi connectivity index (χ0) is 16.0. The molecule has 7 heteroatoms. The van der Waals surface area contributed by atoms with Gasteiger partial charge in [0.1, 0.15) is 10.7 Å². The third-order valence-electron chi connectivity index (χ3n) is 3.00. The van der Waals surface area contributed by atoms with Crippen molar-refractivity contribution in [3.8, 4) is 0 Å². The first-order valence-electron chi connectivity index (χ1n) is 7.18. The van der Waals surface area contributed by atoms with Gasteiger partial charge < -0.3 is 5.32 Å². The maximum atomic E-state index is 12.3. The van der Waals surface area contributed by atoms with Gasteiger partial charge >= 0.3 is 0 Å². The number of anilines is 1. The van der Waals surface area contributed by atoms with E-state index in [4.69, 9.17) is 11.6 Å². The van der Waals surface area contributed by atoms with Crippen molar-refractivity contribution < 1.29 is 8.42 Å². The van der Waals surface area contributed by atoms with Crippen LogP contribution < -0.4 is 10.0 Å². The highest BCUT2D eigenvalue weighted by Crippen LogP contribution is 2.22. The molecule has 0 saturated heterocycles. The molecule has 0 spiro atoms. The number of halogens is 1. The molecule has 0 aliphatic rings. The molecule has 5 nitrogen and oxygen atoms in total. The molecule has 0 aromatic carbocycles. The van der Waals surface area contributed by atoms with Crippen LogP contribution in [0.3, 0.4) is 0 Å². The average Bonchev–Trinajstić information content (AvgIpc) is 2.38. The number of nitrogens with one attached hydrogen (secondary N) is 2. The summed E-state index contributed by atoms with van der Waals surface area (Å²) in [7, 11) is -3.59. The van der Waals surface area contributed by atoms with Crippen LogP contribution in [0.4, 0.5) is 5.82 Å². The second-order valence-electron chi connectivity index (χ2n) is 5.53. The number of nitrogens with zero attached hydrogens (tertiary/aromatic N) is 1. The molecule has 0 saturated carbocycles. The summed E-state index contributed by atoms with van der Waals surface area (Å²) in [5.74, 6) is 1.04. The van der Waals surface area contributed by atoms with Crippen molar-refractivity contribution in [2.45, 2.75) is 51.5 Å². The fourth-order valence-corrected chi connectivity index (χ4v) is 3.39. The van der Waals surface area contributed by atoms with Crippen molar-refractivity contribution >= 4 is 27.4 Å². The van der Waals surface area contributed by atoms with Gasteiger partial charge in [0.25, 0.3) is 0 Å². The summed E-state index contributed by atoms with van der Waals surface area (Å²) in [6, 6.07) is 1.30. The fraction of sp³-hybridized carbons (Fsp3) is 0.643. The third-order valence-corrected chi connectivity index (χ3v) is 4.85. The van der Waals surface area contributed by atoms with Gasteiger partial charge in [-0.05, 0) is 38.7 Å². The zero-order valence-electron chi connectivity index (χ0n) is 13.0. The van der Waals surface area contributed by atoms with E-state index in [2.05, 4.69) is 28.9 Å². The number of sulfonamides is 1. The summed E-state index contributed by atoms with van der Waals surface area (Å²) in [5, 5.41) is 3.27. The highest BCUT2D eigenvalue weighted by atomic mass is 35.5. The second kappa shape index (κ2) is 7.96. The van der Waals surface area contributed by atoms with Crippen LogP contribution in [-0.4, -0.2) is 26.0 Å². The molecule has 1 rings (SSSR count). The van der Waals surface area contributed by atoms with Gasteiger partial charge in [0.15, 0.2) is 0 Å². The lowest BCUT2D eigenvalue weighted by Gasteiger charge is -2.15. The Kier molecular flexibility index (Phi) is 6.90. The van der Waals surface area contributed by atoms with Gasteiger partial charge in [0.05, 0.1) is 5.02 Å². The molecule has 0 fully saturated rings. The minimum absolute atomic E-state index is 0.0885. The molecule has 0 aliphatic heterocycles. The van der Waals surface area contributed by atoms with Crippen LogP contribution in [0.1, 0.15) is 40.5 Å². The van der Waals surface area contributed by atoms with E-state index in [1.165, 1.54) is 12.3 Å². The lowest BCUT2D eigenvalue weighted by molar-refractivity contribution is 0.485. The topological polar surface area (TPSA) is 71.1 Å². The first-order valence-corrected chi connectivity index (χ1v) is 9.04. The Labute approximate surface area is 132 Å². The van der Waals surface area contributed by atoms with Crippen molar-refractivity contribution in [1.82, 2.24) is 9.71 Å². The average molecular weight is 334 g/mol. The second-order valence-corrected chi connectivity index (χ2v) is 7.65. The lowest BCUT2D eigenvalue weighted by atomic mass is 10.1. The maximum absolute atomic E-state index is 12.3. The van der Waals surface area contributed by atoms with E-state index in [-0.39, 0.29) is 10.9 Å². The van der Waals surface area contributed by atoms with Crippen LogP contribution in [0.2, 0.25) is 5.02 Å². The Morgan fingerprint density at radius 1 is 1.29 bits per heavy atom. The molecule has 1 atom stereocenters. The molecule has 0 amide bonds. The molecule has 1 unspecified atom stereocenters. The molecule has 120 valence electrons. The Balaban J connectivity index is 2.80. The standard InChI is InChI=1S/C14H24ClN3O2S/c1-5-16-14-13(15)8-12(9-17-14)21(19,20)18-11(4)7-6-10(2)3/h8-11,18H,5-7H2,1-4H3,(H,16,17). The van der Waals surface area contributed by atoms with Gasteiger partial charge in [0, 0.05) is 18.8 Å². The number of rotatable bonds is 8. The number of hydrogen-bond acceptors (Lipinski definition) is 4. The molecule has 1 aromatic heterocycles. The summed E-state index contributed by atoms with van der Waals surface area (Å²) in [6.07, 6.45) is 3.09. The summed E-state index contributed by atoms with van der Waals surface area (Å²) in [4.78, 5) is 4.14. The van der Waals surface area contributed by atoms with Crippen molar-refractivity contribution in [3.63, 3.8) is 0 Å². The highest BCUT2D eigenvalue weighted by molar-refractivity contribution is 7.89. The molecular formula is C14H24ClN3O2S. The van der Waals surface area contributed by atoms with Gasteiger partial charge in [-0.25, -0.2) is 18.1 Å².